The summed E-state index contributed by atoms with van der Waals surface area (Å²) in [6, 6.07) is 14.9. The number of rotatable bonds is 7. The van der Waals surface area contributed by atoms with E-state index in [1.807, 2.05) is 18.2 Å². The highest BCUT2D eigenvalue weighted by atomic mass is 16.4. The maximum Gasteiger partial charge on any atom is 0.247 e. The molecule has 1 fully saturated rings. The van der Waals surface area contributed by atoms with Crippen molar-refractivity contribution < 1.29 is 9.21 Å². The Balaban J connectivity index is 1.37. The molecule has 0 radical (unpaired) electrons. The van der Waals surface area contributed by atoms with Crippen LogP contribution in [0.15, 0.2) is 46.9 Å². The first kappa shape index (κ1) is 21.2. The zero-order valence-electron chi connectivity index (χ0n) is 18.5. The van der Waals surface area contributed by atoms with Crippen LogP contribution in [0.25, 0.3) is 22.6 Å². The van der Waals surface area contributed by atoms with Crippen LogP contribution in [0.4, 0.5) is 0 Å². The Morgan fingerprint density at radius 1 is 1.13 bits per heavy atom. The topological polar surface area (TPSA) is 71.3 Å². The van der Waals surface area contributed by atoms with E-state index in [1.54, 1.807) is 6.92 Å². The number of carbonyl (C=O) groups excluding carboxylic acids is 1. The summed E-state index contributed by atoms with van der Waals surface area (Å²) in [5.74, 6) is 1.16. The molecule has 1 saturated heterocycles. The monoisotopic (exact) mass is 418 g/mol. The van der Waals surface area contributed by atoms with Crippen LogP contribution < -0.4 is 5.32 Å². The first-order valence-corrected chi connectivity index (χ1v) is 11.0. The van der Waals surface area contributed by atoms with E-state index in [-0.39, 0.29) is 5.91 Å². The van der Waals surface area contributed by atoms with Gasteiger partial charge in [0.15, 0.2) is 0 Å². The van der Waals surface area contributed by atoms with E-state index in [2.05, 4.69) is 58.7 Å². The molecule has 0 spiro atoms. The quantitative estimate of drug-likeness (QED) is 0.624. The average Bonchev–Trinajstić information content (AvgIpc) is 3.37. The fourth-order valence-electron chi connectivity index (χ4n) is 4.25. The summed E-state index contributed by atoms with van der Waals surface area (Å²) in [4.78, 5) is 14.7. The van der Waals surface area contributed by atoms with E-state index in [1.165, 1.54) is 24.9 Å². The maximum atomic E-state index is 12.3. The van der Waals surface area contributed by atoms with Gasteiger partial charge in [-0.2, -0.15) is 0 Å². The van der Waals surface area contributed by atoms with Crippen molar-refractivity contribution in [2.45, 2.75) is 45.6 Å². The molecular formula is C25H30N4O2. The molecule has 1 amide bonds. The molecular weight excluding hydrogens is 388 g/mol. The molecule has 6 nitrogen and oxygen atoms in total. The molecule has 1 aliphatic heterocycles. The SMILES string of the molecule is Cc1nnc(-c2ccc(C)c(-c3ccc(CC(=O)NCCC4CCCN4C)cc3)c2)o1. The third-order valence-electron chi connectivity index (χ3n) is 6.11. The number of hydrogen-bond acceptors (Lipinski definition) is 5. The lowest BCUT2D eigenvalue weighted by Crippen LogP contribution is -2.32. The summed E-state index contributed by atoms with van der Waals surface area (Å²) < 4.78 is 5.56. The Kier molecular flexibility index (Phi) is 6.47. The fraction of sp³-hybridized carbons (Fsp3) is 0.400. The number of aromatic nitrogens is 2. The predicted molar refractivity (Wildman–Crippen MR) is 122 cm³/mol. The highest BCUT2D eigenvalue weighted by Crippen LogP contribution is 2.29. The van der Waals surface area contributed by atoms with Crippen molar-refractivity contribution in [3.63, 3.8) is 0 Å². The molecule has 1 aliphatic rings. The number of amides is 1. The van der Waals surface area contributed by atoms with Crippen molar-refractivity contribution in [1.82, 2.24) is 20.4 Å². The van der Waals surface area contributed by atoms with E-state index in [9.17, 15) is 4.79 Å². The number of nitrogens with zero attached hydrogens (tertiary/aromatic N) is 3. The highest BCUT2D eigenvalue weighted by Gasteiger charge is 2.20. The highest BCUT2D eigenvalue weighted by molar-refractivity contribution is 5.79. The molecule has 162 valence electrons. The Hall–Kier alpha value is -2.99. The standard InChI is InChI=1S/C25H30N4O2/c1-17-6-9-21(25-28-27-18(2)31-25)16-23(17)20-10-7-19(8-11-20)15-24(30)26-13-12-22-5-4-14-29(22)3/h6-11,16,22H,4-5,12-15H2,1-3H3,(H,26,30). The van der Waals surface area contributed by atoms with Crippen molar-refractivity contribution in [2.24, 2.45) is 0 Å². The van der Waals surface area contributed by atoms with Gasteiger partial charge in [-0.1, -0.05) is 30.3 Å². The van der Waals surface area contributed by atoms with Crippen LogP contribution >= 0.6 is 0 Å². The van der Waals surface area contributed by atoms with Crippen molar-refractivity contribution >= 4 is 5.91 Å². The van der Waals surface area contributed by atoms with E-state index in [4.69, 9.17) is 4.42 Å². The number of nitrogens with one attached hydrogen (secondary N) is 1. The second kappa shape index (κ2) is 9.43. The van der Waals surface area contributed by atoms with Gasteiger partial charge in [0.1, 0.15) is 0 Å². The molecule has 2 heterocycles. The van der Waals surface area contributed by atoms with Crippen LogP contribution in [0.3, 0.4) is 0 Å². The number of likely N-dealkylation sites (tertiary alicyclic amines) is 1. The van der Waals surface area contributed by atoms with Crippen LogP contribution in [0.2, 0.25) is 0 Å². The zero-order valence-corrected chi connectivity index (χ0v) is 18.5. The van der Waals surface area contributed by atoms with Crippen LogP contribution in [0, 0.1) is 13.8 Å². The molecule has 0 bridgehead atoms. The molecule has 31 heavy (non-hydrogen) atoms. The molecule has 2 aromatic carbocycles. The minimum Gasteiger partial charge on any atom is -0.421 e. The second-order valence-electron chi connectivity index (χ2n) is 8.44. The zero-order chi connectivity index (χ0) is 21.8. The summed E-state index contributed by atoms with van der Waals surface area (Å²) in [5, 5.41) is 11.1. The first-order chi connectivity index (χ1) is 15.0. The van der Waals surface area contributed by atoms with Gasteiger partial charge in [0.25, 0.3) is 0 Å². The Labute approximate surface area is 183 Å². The van der Waals surface area contributed by atoms with E-state index in [0.29, 0.717) is 24.2 Å². The summed E-state index contributed by atoms with van der Waals surface area (Å²) >= 11 is 0. The number of aryl methyl sites for hydroxylation is 2. The van der Waals surface area contributed by atoms with Gasteiger partial charge in [0.05, 0.1) is 6.42 Å². The Bertz CT molecular complexity index is 1040. The van der Waals surface area contributed by atoms with Crippen LogP contribution in [-0.4, -0.2) is 47.2 Å². The van der Waals surface area contributed by atoms with Gasteiger partial charge in [-0.15, -0.1) is 10.2 Å². The molecule has 1 N–H and O–H groups in total. The number of benzene rings is 2. The summed E-state index contributed by atoms with van der Waals surface area (Å²) in [6.45, 7) is 5.78. The Morgan fingerprint density at radius 2 is 1.90 bits per heavy atom. The van der Waals surface area contributed by atoms with Gasteiger partial charge in [-0.05, 0) is 74.2 Å². The lowest BCUT2D eigenvalue weighted by atomic mass is 9.96. The van der Waals surface area contributed by atoms with Crippen LogP contribution in [0.1, 0.15) is 36.3 Å². The van der Waals surface area contributed by atoms with E-state index in [0.717, 1.165) is 35.2 Å². The predicted octanol–water partition coefficient (Wildman–Crippen LogP) is 4.16. The van der Waals surface area contributed by atoms with Crippen molar-refractivity contribution in [3.8, 4) is 22.6 Å². The lowest BCUT2D eigenvalue weighted by molar-refractivity contribution is -0.120. The molecule has 1 unspecified atom stereocenters. The minimum absolute atomic E-state index is 0.0818. The Morgan fingerprint density at radius 3 is 2.58 bits per heavy atom. The van der Waals surface area contributed by atoms with Gasteiger partial charge in [0.2, 0.25) is 17.7 Å². The number of carbonyl (C=O) groups is 1. The third kappa shape index (κ3) is 5.20. The summed E-state index contributed by atoms with van der Waals surface area (Å²) in [7, 11) is 2.17. The maximum absolute atomic E-state index is 12.3. The van der Waals surface area contributed by atoms with Gasteiger partial charge in [-0.25, -0.2) is 0 Å². The lowest BCUT2D eigenvalue weighted by Gasteiger charge is -2.19. The van der Waals surface area contributed by atoms with E-state index < -0.39 is 0 Å². The average molecular weight is 419 g/mol. The number of hydrogen-bond donors (Lipinski definition) is 1. The van der Waals surface area contributed by atoms with Gasteiger partial charge in [-0.3, -0.25) is 4.79 Å². The molecule has 1 atom stereocenters. The van der Waals surface area contributed by atoms with Gasteiger partial charge >= 0.3 is 0 Å². The second-order valence-corrected chi connectivity index (χ2v) is 8.44. The molecule has 4 rings (SSSR count). The molecule has 0 aliphatic carbocycles. The minimum atomic E-state index is 0.0818. The van der Waals surface area contributed by atoms with Crippen molar-refractivity contribution in [1.29, 1.82) is 0 Å². The molecule has 6 heteroatoms. The normalized spacial score (nSPS) is 16.5. The van der Waals surface area contributed by atoms with Crippen LogP contribution in [0.5, 0.6) is 0 Å². The van der Waals surface area contributed by atoms with Gasteiger partial charge in [0, 0.05) is 25.1 Å². The van der Waals surface area contributed by atoms with Gasteiger partial charge < -0.3 is 14.6 Å². The van der Waals surface area contributed by atoms with Crippen molar-refractivity contribution in [3.05, 3.63) is 59.5 Å². The molecule has 0 saturated carbocycles. The summed E-state index contributed by atoms with van der Waals surface area (Å²) in [5.41, 5.74) is 5.30. The van der Waals surface area contributed by atoms with Crippen molar-refractivity contribution in [2.75, 3.05) is 20.1 Å². The molecule has 3 aromatic rings. The third-order valence-corrected chi connectivity index (χ3v) is 6.11. The van der Waals surface area contributed by atoms with Crippen LogP contribution in [-0.2, 0) is 11.2 Å². The summed E-state index contributed by atoms with van der Waals surface area (Å²) in [6.07, 6.45) is 3.93. The molecule has 1 aromatic heterocycles. The van der Waals surface area contributed by atoms with E-state index >= 15 is 0 Å². The first-order valence-electron chi connectivity index (χ1n) is 11.0. The smallest absolute Gasteiger partial charge is 0.247 e. The largest absolute Gasteiger partial charge is 0.421 e. The fourth-order valence-corrected chi connectivity index (χ4v) is 4.25.